The van der Waals surface area contributed by atoms with Crippen molar-refractivity contribution in [3.05, 3.63) is 34.6 Å². The second kappa shape index (κ2) is 5.55. The fourth-order valence-corrected chi connectivity index (χ4v) is 1.49. The molecule has 8 nitrogen and oxygen atoms in total. The normalized spacial score (nSPS) is 11.1. The van der Waals surface area contributed by atoms with Crippen molar-refractivity contribution in [1.82, 2.24) is 0 Å². The molecule has 0 aliphatic carbocycles. The number of nitro groups is 1. The van der Waals surface area contributed by atoms with Crippen molar-refractivity contribution in [1.29, 1.82) is 0 Å². The Kier molecular flexibility index (Phi) is 4.35. The quantitative estimate of drug-likeness (QED) is 0.219. The van der Waals surface area contributed by atoms with E-state index in [0.29, 0.717) is 0 Å². The highest BCUT2D eigenvalue weighted by Crippen LogP contribution is 2.04. The standard InChI is InChI=1S/C8H10N2O6S/c11-10(12)8-2-4-9(5-3-8)16-6-1-7-17(13,14)15/h2-5H,1,6-7H2. The Labute approximate surface area is 97.3 Å². The number of nitrogens with zero attached hydrogens (tertiary/aromatic N) is 2. The van der Waals surface area contributed by atoms with Crippen LogP contribution >= 0.6 is 0 Å². The first kappa shape index (κ1) is 13.3. The highest BCUT2D eigenvalue weighted by Gasteiger charge is 2.09. The van der Waals surface area contributed by atoms with Crippen molar-refractivity contribution in [2.45, 2.75) is 6.42 Å². The third kappa shape index (κ3) is 5.22. The van der Waals surface area contributed by atoms with Gasteiger partial charge in [-0.3, -0.25) is 15.0 Å². The molecule has 1 aromatic heterocycles. The van der Waals surface area contributed by atoms with Crippen LogP contribution in [-0.4, -0.2) is 30.3 Å². The minimum atomic E-state index is -4.23. The van der Waals surface area contributed by atoms with Crippen LogP contribution in [0.25, 0.3) is 0 Å². The SMILES string of the molecule is O=[N+]([O-])c1cc[n+](OCCCS(=O)(=O)[O-])cc1. The summed E-state index contributed by atoms with van der Waals surface area (Å²) in [6, 6.07) is 2.48. The molecule has 0 radical (unpaired) electrons. The second-order valence-corrected chi connectivity index (χ2v) is 4.65. The number of pyridine rings is 1. The Morgan fingerprint density at radius 3 is 2.41 bits per heavy atom. The van der Waals surface area contributed by atoms with Crippen LogP contribution in [0.1, 0.15) is 6.42 Å². The van der Waals surface area contributed by atoms with E-state index >= 15 is 0 Å². The largest absolute Gasteiger partial charge is 0.748 e. The maximum atomic E-state index is 10.3. The van der Waals surface area contributed by atoms with E-state index in [4.69, 9.17) is 4.84 Å². The Bertz CT molecular complexity index is 483. The van der Waals surface area contributed by atoms with Crippen molar-refractivity contribution in [3.63, 3.8) is 0 Å². The lowest BCUT2D eigenvalue weighted by atomic mass is 10.4. The maximum absolute atomic E-state index is 10.3. The number of aromatic nitrogens is 1. The number of rotatable bonds is 6. The molecular formula is C8H10N2O6S. The first-order valence-corrected chi connectivity index (χ1v) is 6.19. The monoisotopic (exact) mass is 262 g/mol. The lowest BCUT2D eigenvalue weighted by Crippen LogP contribution is -2.42. The zero-order chi connectivity index (χ0) is 12.9. The van der Waals surface area contributed by atoms with E-state index in [2.05, 4.69) is 0 Å². The molecular weight excluding hydrogens is 252 g/mol. The van der Waals surface area contributed by atoms with Crippen LogP contribution < -0.4 is 9.57 Å². The van der Waals surface area contributed by atoms with E-state index in [1.54, 1.807) is 0 Å². The smallest absolute Gasteiger partial charge is 0.281 e. The van der Waals surface area contributed by atoms with Crippen molar-refractivity contribution in [3.8, 4) is 0 Å². The van der Waals surface area contributed by atoms with E-state index in [-0.39, 0.29) is 18.7 Å². The molecule has 0 fully saturated rings. The summed E-state index contributed by atoms with van der Waals surface area (Å²) in [5.41, 5.74) is -0.0769. The molecule has 0 spiro atoms. The van der Waals surface area contributed by atoms with Crippen LogP contribution in [0, 0.1) is 10.1 Å². The van der Waals surface area contributed by atoms with Gasteiger partial charge in [0.2, 0.25) is 12.4 Å². The highest BCUT2D eigenvalue weighted by atomic mass is 32.2. The van der Waals surface area contributed by atoms with Gasteiger partial charge in [0, 0.05) is 16.9 Å². The van der Waals surface area contributed by atoms with Crippen molar-refractivity contribution < 1.29 is 27.5 Å². The predicted octanol–water partition coefficient (Wildman–Crippen LogP) is -0.754. The van der Waals surface area contributed by atoms with Gasteiger partial charge < -0.3 is 4.55 Å². The van der Waals surface area contributed by atoms with Crippen molar-refractivity contribution in [2.24, 2.45) is 0 Å². The molecule has 0 bridgehead atoms. The fraction of sp³-hybridized carbons (Fsp3) is 0.375. The zero-order valence-corrected chi connectivity index (χ0v) is 9.50. The van der Waals surface area contributed by atoms with E-state index < -0.39 is 20.8 Å². The van der Waals surface area contributed by atoms with Crippen LogP contribution in [0.3, 0.4) is 0 Å². The molecule has 0 aliphatic heterocycles. The van der Waals surface area contributed by atoms with E-state index in [9.17, 15) is 23.1 Å². The fourth-order valence-electron chi connectivity index (χ4n) is 1.02. The Morgan fingerprint density at radius 2 is 1.94 bits per heavy atom. The van der Waals surface area contributed by atoms with Crippen LogP contribution in [0.2, 0.25) is 0 Å². The maximum Gasteiger partial charge on any atom is 0.281 e. The van der Waals surface area contributed by atoms with Gasteiger partial charge in [0.05, 0.1) is 27.2 Å². The Balaban J connectivity index is 2.40. The number of hydrogen-bond donors (Lipinski definition) is 0. The van der Waals surface area contributed by atoms with Gasteiger partial charge in [-0.05, 0) is 0 Å². The summed E-state index contributed by atoms with van der Waals surface area (Å²) in [6.45, 7) is 0.0317. The zero-order valence-electron chi connectivity index (χ0n) is 8.68. The van der Waals surface area contributed by atoms with Crippen LogP contribution in [-0.2, 0) is 10.1 Å². The van der Waals surface area contributed by atoms with Gasteiger partial charge in [-0.25, -0.2) is 8.42 Å². The molecule has 0 atom stereocenters. The van der Waals surface area contributed by atoms with E-state index in [1.165, 1.54) is 29.3 Å². The minimum Gasteiger partial charge on any atom is -0.748 e. The summed E-state index contributed by atoms with van der Waals surface area (Å²) in [7, 11) is -4.23. The molecule has 0 unspecified atom stereocenters. The van der Waals surface area contributed by atoms with Crippen LogP contribution in [0.15, 0.2) is 24.5 Å². The average molecular weight is 262 g/mol. The molecule has 1 heterocycles. The second-order valence-electron chi connectivity index (χ2n) is 3.12. The van der Waals surface area contributed by atoms with Crippen LogP contribution in [0.4, 0.5) is 5.69 Å². The molecule has 94 valence electrons. The van der Waals surface area contributed by atoms with Gasteiger partial charge in [-0.15, -0.1) is 0 Å². The molecule has 0 amide bonds. The van der Waals surface area contributed by atoms with Crippen molar-refractivity contribution in [2.75, 3.05) is 12.4 Å². The molecule has 0 aliphatic rings. The van der Waals surface area contributed by atoms with Gasteiger partial charge in [-0.2, -0.15) is 0 Å². The van der Waals surface area contributed by atoms with Gasteiger partial charge in [-0.1, -0.05) is 0 Å². The lowest BCUT2D eigenvalue weighted by Gasteiger charge is -2.04. The third-order valence-corrected chi connectivity index (χ3v) is 2.56. The van der Waals surface area contributed by atoms with E-state index in [1.807, 2.05) is 0 Å². The molecule has 0 aromatic carbocycles. The molecule has 0 saturated heterocycles. The molecule has 1 aromatic rings. The van der Waals surface area contributed by atoms with Crippen molar-refractivity contribution >= 4 is 15.8 Å². The molecule has 17 heavy (non-hydrogen) atoms. The first-order valence-electron chi connectivity index (χ1n) is 4.61. The topological polar surface area (TPSA) is 113 Å². The highest BCUT2D eigenvalue weighted by molar-refractivity contribution is 7.85. The van der Waals surface area contributed by atoms with Gasteiger partial charge in [0.15, 0.2) is 6.61 Å². The molecule has 0 saturated carbocycles. The average Bonchev–Trinajstić information content (AvgIpc) is 2.24. The van der Waals surface area contributed by atoms with E-state index in [0.717, 1.165) is 0 Å². The summed E-state index contributed by atoms with van der Waals surface area (Å²) in [5, 5.41) is 10.3. The molecule has 9 heteroatoms. The minimum absolute atomic E-state index is 0.0317. The summed E-state index contributed by atoms with van der Waals surface area (Å²) in [4.78, 5) is 14.8. The first-order chi connectivity index (χ1) is 7.88. The summed E-state index contributed by atoms with van der Waals surface area (Å²) < 4.78 is 32.0. The lowest BCUT2D eigenvalue weighted by molar-refractivity contribution is -0.891. The molecule has 0 N–H and O–H groups in total. The Morgan fingerprint density at radius 1 is 1.35 bits per heavy atom. The van der Waals surface area contributed by atoms with Gasteiger partial charge in [0.25, 0.3) is 5.69 Å². The van der Waals surface area contributed by atoms with Gasteiger partial charge >= 0.3 is 0 Å². The Hall–Kier alpha value is -1.74. The van der Waals surface area contributed by atoms with Crippen LogP contribution in [0.5, 0.6) is 0 Å². The summed E-state index contributed by atoms with van der Waals surface area (Å²) in [6.07, 6.45) is 2.71. The molecule has 1 rings (SSSR count). The summed E-state index contributed by atoms with van der Waals surface area (Å²) >= 11 is 0. The third-order valence-electron chi connectivity index (χ3n) is 1.77. The summed E-state index contributed by atoms with van der Waals surface area (Å²) in [5.74, 6) is -0.499. The predicted molar refractivity (Wildman–Crippen MR) is 53.9 cm³/mol. The van der Waals surface area contributed by atoms with Gasteiger partial charge in [0.1, 0.15) is 0 Å². The number of hydrogen-bond acceptors (Lipinski definition) is 6.